The number of rotatable bonds is 2. The van der Waals surface area contributed by atoms with Crippen molar-refractivity contribution in [2.75, 3.05) is 5.73 Å². The van der Waals surface area contributed by atoms with Crippen LogP contribution in [0.1, 0.15) is 38.7 Å². The van der Waals surface area contributed by atoms with Gasteiger partial charge in [0.15, 0.2) is 0 Å². The summed E-state index contributed by atoms with van der Waals surface area (Å²) in [4.78, 5) is 0.826. The summed E-state index contributed by atoms with van der Waals surface area (Å²) >= 11 is 0. The van der Waals surface area contributed by atoms with Crippen molar-refractivity contribution < 1.29 is 4.21 Å². The maximum Gasteiger partial charge on any atom is 0.0620 e. The molecule has 18 heavy (non-hydrogen) atoms. The van der Waals surface area contributed by atoms with Gasteiger partial charge in [0.2, 0.25) is 0 Å². The third kappa shape index (κ3) is 2.94. The maximum atomic E-state index is 12.7. The summed E-state index contributed by atoms with van der Waals surface area (Å²) in [7, 11) is -0.956. The van der Waals surface area contributed by atoms with E-state index < -0.39 is 10.8 Å². The van der Waals surface area contributed by atoms with Crippen molar-refractivity contribution in [3.8, 4) is 0 Å². The summed E-state index contributed by atoms with van der Waals surface area (Å²) < 4.78 is 12.7. The highest BCUT2D eigenvalue weighted by atomic mass is 32.2. The molecule has 1 aliphatic carbocycles. The number of hydrogen-bond donors (Lipinski definition) is 1. The zero-order valence-corrected chi connectivity index (χ0v) is 12.3. The van der Waals surface area contributed by atoms with Crippen LogP contribution in [0.2, 0.25) is 0 Å². The van der Waals surface area contributed by atoms with Gasteiger partial charge >= 0.3 is 0 Å². The van der Waals surface area contributed by atoms with E-state index >= 15 is 0 Å². The molecular formula is C15H23NOS. The van der Waals surface area contributed by atoms with Crippen LogP contribution >= 0.6 is 0 Å². The van der Waals surface area contributed by atoms with Gasteiger partial charge in [-0.05, 0) is 55.7 Å². The molecule has 3 atom stereocenters. The average Bonchev–Trinajstić information content (AvgIpc) is 2.26. The molecule has 2 N–H and O–H groups in total. The van der Waals surface area contributed by atoms with E-state index in [0.717, 1.165) is 23.3 Å². The van der Waals surface area contributed by atoms with E-state index in [4.69, 9.17) is 5.73 Å². The largest absolute Gasteiger partial charge is 0.398 e. The van der Waals surface area contributed by atoms with E-state index in [1.807, 2.05) is 25.1 Å². The molecular weight excluding hydrogens is 242 g/mol. The molecule has 3 heteroatoms. The summed E-state index contributed by atoms with van der Waals surface area (Å²) in [6.45, 7) is 6.53. The number of benzene rings is 1. The minimum Gasteiger partial charge on any atom is -0.398 e. The van der Waals surface area contributed by atoms with Gasteiger partial charge in [-0.1, -0.05) is 19.9 Å². The van der Waals surface area contributed by atoms with Crippen LogP contribution in [0.4, 0.5) is 5.69 Å². The predicted octanol–water partition coefficient (Wildman–Crippen LogP) is 3.51. The van der Waals surface area contributed by atoms with Crippen LogP contribution in [-0.4, -0.2) is 9.46 Å². The van der Waals surface area contributed by atoms with Crippen molar-refractivity contribution >= 4 is 16.5 Å². The van der Waals surface area contributed by atoms with Crippen LogP contribution in [0.3, 0.4) is 0 Å². The van der Waals surface area contributed by atoms with Crippen LogP contribution in [0, 0.1) is 18.8 Å². The van der Waals surface area contributed by atoms with Gasteiger partial charge in [0.1, 0.15) is 0 Å². The van der Waals surface area contributed by atoms with Gasteiger partial charge < -0.3 is 5.73 Å². The van der Waals surface area contributed by atoms with Crippen molar-refractivity contribution in [3.63, 3.8) is 0 Å². The van der Waals surface area contributed by atoms with E-state index in [-0.39, 0.29) is 5.25 Å². The summed E-state index contributed by atoms with van der Waals surface area (Å²) in [6, 6.07) is 5.85. The highest BCUT2D eigenvalue weighted by Crippen LogP contribution is 2.34. The molecule has 3 unspecified atom stereocenters. The molecule has 0 saturated heterocycles. The maximum absolute atomic E-state index is 12.7. The summed E-state index contributed by atoms with van der Waals surface area (Å²) in [5.41, 5.74) is 7.81. The predicted molar refractivity (Wildman–Crippen MR) is 78.0 cm³/mol. The molecule has 1 saturated carbocycles. The molecule has 1 aliphatic rings. The average molecular weight is 265 g/mol. The minimum absolute atomic E-state index is 0.272. The second-order valence-corrected chi connectivity index (χ2v) is 7.58. The fraction of sp³-hybridized carbons (Fsp3) is 0.600. The lowest BCUT2D eigenvalue weighted by Crippen LogP contribution is -2.28. The molecule has 0 radical (unpaired) electrons. The molecule has 1 aromatic rings. The Labute approximate surface area is 112 Å². The Morgan fingerprint density at radius 3 is 2.33 bits per heavy atom. The van der Waals surface area contributed by atoms with Crippen molar-refractivity contribution in [2.24, 2.45) is 11.8 Å². The third-order valence-electron chi connectivity index (χ3n) is 3.82. The second kappa shape index (κ2) is 5.43. The van der Waals surface area contributed by atoms with Gasteiger partial charge in [0.05, 0.1) is 15.7 Å². The quantitative estimate of drug-likeness (QED) is 0.832. The standard InChI is InChI=1S/C15H23NOS/c1-10-4-5-15(14(16)9-10)18(17)13-7-11(2)6-12(3)8-13/h4-5,9,11-13H,6-8,16H2,1-3H3. The van der Waals surface area contributed by atoms with Crippen LogP contribution in [0.15, 0.2) is 23.1 Å². The molecule has 0 amide bonds. The molecule has 0 aliphatic heterocycles. The SMILES string of the molecule is Cc1ccc(S(=O)C2CC(C)CC(C)C2)c(N)c1. The normalized spacial score (nSPS) is 30.1. The number of anilines is 1. The Morgan fingerprint density at radius 1 is 1.17 bits per heavy atom. The van der Waals surface area contributed by atoms with Crippen molar-refractivity contribution in [2.45, 2.75) is 50.2 Å². The summed E-state index contributed by atoms with van der Waals surface area (Å²) in [6.07, 6.45) is 3.38. The van der Waals surface area contributed by atoms with E-state index in [2.05, 4.69) is 13.8 Å². The van der Waals surface area contributed by atoms with Gasteiger partial charge in [-0.3, -0.25) is 4.21 Å². The minimum atomic E-state index is -0.956. The number of nitrogens with two attached hydrogens (primary N) is 1. The Morgan fingerprint density at radius 2 is 1.78 bits per heavy atom. The first kappa shape index (κ1) is 13.6. The monoisotopic (exact) mass is 265 g/mol. The molecule has 0 aromatic heterocycles. The topological polar surface area (TPSA) is 43.1 Å². The van der Waals surface area contributed by atoms with E-state index in [1.54, 1.807) is 0 Å². The Hall–Kier alpha value is -0.830. The van der Waals surface area contributed by atoms with Crippen LogP contribution < -0.4 is 5.73 Å². The summed E-state index contributed by atoms with van der Waals surface area (Å²) in [5.74, 6) is 1.35. The first-order valence-electron chi connectivity index (χ1n) is 6.74. The van der Waals surface area contributed by atoms with E-state index in [0.29, 0.717) is 17.5 Å². The lowest BCUT2D eigenvalue weighted by Gasteiger charge is -2.31. The molecule has 100 valence electrons. The lowest BCUT2D eigenvalue weighted by molar-refractivity contribution is 0.305. The third-order valence-corrected chi connectivity index (χ3v) is 5.62. The van der Waals surface area contributed by atoms with Crippen molar-refractivity contribution in [1.29, 1.82) is 0 Å². The van der Waals surface area contributed by atoms with Crippen LogP contribution in [0.25, 0.3) is 0 Å². The second-order valence-electron chi connectivity index (χ2n) is 5.88. The van der Waals surface area contributed by atoms with Crippen LogP contribution in [-0.2, 0) is 10.8 Å². The Balaban J connectivity index is 2.20. The van der Waals surface area contributed by atoms with Gasteiger partial charge in [0.25, 0.3) is 0 Å². The number of hydrogen-bond acceptors (Lipinski definition) is 2. The zero-order chi connectivity index (χ0) is 13.3. The van der Waals surface area contributed by atoms with Gasteiger partial charge in [-0.2, -0.15) is 0 Å². The van der Waals surface area contributed by atoms with E-state index in [9.17, 15) is 4.21 Å². The molecule has 2 rings (SSSR count). The lowest BCUT2D eigenvalue weighted by atomic mass is 9.83. The van der Waals surface area contributed by atoms with Gasteiger partial charge in [-0.15, -0.1) is 0 Å². The van der Waals surface area contributed by atoms with Crippen molar-refractivity contribution in [3.05, 3.63) is 23.8 Å². The molecule has 2 nitrogen and oxygen atoms in total. The molecule has 1 fully saturated rings. The molecule has 1 aromatic carbocycles. The fourth-order valence-electron chi connectivity index (χ4n) is 3.08. The number of nitrogen functional groups attached to an aromatic ring is 1. The fourth-order valence-corrected chi connectivity index (χ4v) is 4.94. The van der Waals surface area contributed by atoms with Gasteiger partial charge in [0, 0.05) is 10.9 Å². The smallest absolute Gasteiger partial charge is 0.0620 e. The molecule has 0 bridgehead atoms. The highest BCUT2D eigenvalue weighted by Gasteiger charge is 2.29. The molecule has 0 heterocycles. The zero-order valence-electron chi connectivity index (χ0n) is 11.5. The highest BCUT2D eigenvalue weighted by molar-refractivity contribution is 7.85. The molecule has 0 spiro atoms. The van der Waals surface area contributed by atoms with Crippen molar-refractivity contribution in [1.82, 2.24) is 0 Å². The van der Waals surface area contributed by atoms with Crippen LogP contribution in [0.5, 0.6) is 0 Å². The van der Waals surface area contributed by atoms with Gasteiger partial charge in [-0.25, -0.2) is 0 Å². The first-order chi connectivity index (χ1) is 8.47. The Kier molecular flexibility index (Phi) is 4.10. The first-order valence-corrected chi connectivity index (χ1v) is 7.95. The number of aryl methyl sites for hydroxylation is 1. The summed E-state index contributed by atoms with van der Waals surface area (Å²) in [5, 5.41) is 0.272. The Bertz CT molecular complexity index is 448. The van der Waals surface area contributed by atoms with E-state index in [1.165, 1.54) is 6.42 Å².